The van der Waals surface area contributed by atoms with Crippen molar-refractivity contribution in [3.8, 4) is 11.3 Å². The van der Waals surface area contributed by atoms with Gasteiger partial charge in [-0.2, -0.15) is 18.2 Å². The van der Waals surface area contributed by atoms with Crippen LogP contribution in [0.1, 0.15) is 25.8 Å². The summed E-state index contributed by atoms with van der Waals surface area (Å²) in [5.74, 6) is 0.974. The Labute approximate surface area is 216 Å². The minimum absolute atomic E-state index is 0.0371. The van der Waals surface area contributed by atoms with Crippen LogP contribution in [0, 0.1) is 0 Å². The van der Waals surface area contributed by atoms with Crippen molar-refractivity contribution in [2.75, 3.05) is 61.1 Å². The van der Waals surface area contributed by atoms with Crippen LogP contribution in [0.4, 0.5) is 30.8 Å². The molecule has 0 saturated carbocycles. The van der Waals surface area contributed by atoms with Crippen molar-refractivity contribution in [3.63, 3.8) is 0 Å². The first-order chi connectivity index (χ1) is 17.7. The number of carbonyl (C=O) groups excluding carboxylic acids is 1. The van der Waals surface area contributed by atoms with Crippen molar-refractivity contribution < 1.29 is 22.7 Å². The highest BCUT2D eigenvalue weighted by atomic mass is 32.2. The molecule has 0 spiro atoms. The molecule has 1 amide bonds. The van der Waals surface area contributed by atoms with Gasteiger partial charge in [0, 0.05) is 49.8 Å². The van der Waals surface area contributed by atoms with Crippen molar-refractivity contribution in [2.24, 2.45) is 4.99 Å². The lowest BCUT2D eigenvalue weighted by atomic mass is 10.1. The van der Waals surface area contributed by atoms with Crippen LogP contribution in [0.25, 0.3) is 11.3 Å². The van der Waals surface area contributed by atoms with Gasteiger partial charge in [-0.05, 0) is 19.9 Å². The Hall–Kier alpha value is -3.13. The molecule has 0 aromatic carbocycles. The minimum Gasteiger partial charge on any atom is -0.384 e. The number of ether oxygens (including phenoxy) is 1. The predicted octanol–water partition coefficient (Wildman–Crippen LogP) is 3.12. The van der Waals surface area contributed by atoms with Gasteiger partial charge in [0.25, 0.3) is 0 Å². The number of morpholine rings is 1. The van der Waals surface area contributed by atoms with Crippen molar-refractivity contribution in [1.29, 1.82) is 0 Å². The standard InChI is InChI=1S/C23H29F3N8O2S/c1-3-33(4-2)20(35)9-14-13-37-22(29-14)32-19-11-17(30-21(31-19)34-5-7-36-8-6-34)15-12-28-18(27)10-16(15)23(24,25)26/h10-12,14H,3-9,13H2,1-2H3,(H2,27,28)(H,29,30,31,32). The van der Waals surface area contributed by atoms with Crippen LogP contribution < -0.4 is 16.0 Å². The first-order valence-corrected chi connectivity index (χ1v) is 13.0. The number of anilines is 3. The van der Waals surface area contributed by atoms with E-state index < -0.39 is 11.7 Å². The van der Waals surface area contributed by atoms with E-state index in [-0.39, 0.29) is 35.0 Å². The normalized spacial score (nSPS) is 18.0. The van der Waals surface area contributed by atoms with Crippen molar-refractivity contribution in [1.82, 2.24) is 19.9 Å². The topological polar surface area (TPSA) is 122 Å². The van der Waals surface area contributed by atoms with Gasteiger partial charge in [0.15, 0.2) is 5.17 Å². The number of nitrogens with one attached hydrogen (secondary N) is 1. The monoisotopic (exact) mass is 538 g/mol. The van der Waals surface area contributed by atoms with E-state index in [0.29, 0.717) is 62.6 Å². The summed E-state index contributed by atoms with van der Waals surface area (Å²) >= 11 is 1.43. The SMILES string of the molecule is CCN(CC)C(=O)CC1CSC(Nc2cc(-c3cnc(N)cc3C(F)(F)F)nc(N3CCOCC3)n2)=N1. The number of hydrogen-bond donors (Lipinski definition) is 2. The number of rotatable bonds is 7. The quantitative estimate of drug-likeness (QED) is 0.548. The third-order valence-electron chi connectivity index (χ3n) is 5.99. The first-order valence-electron chi connectivity index (χ1n) is 12.0. The van der Waals surface area contributed by atoms with Crippen molar-refractivity contribution in [3.05, 3.63) is 23.9 Å². The summed E-state index contributed by atoms with van der Waals surface area (Å²) in [6.45, 7) is 7.05. The van der Waals surface area contributed by atoms with E-state index in [4.69, 9.17) is 10.5 Å². The molecule has 37 heavy (non-hydrogen) atoms. The fourth-order valence-corrected chi connectivity index (χ4v) is 5.00. The van der Waals surface area contributed by atoms with Gasteiger partial charge in [-0.1, -0.05) is 11.8 Å². The number of carbonyl (C=O) groups is 1. The van der Waals surface area contributed by atoms with E-state index in [9.17, 15) is 18.0 Å². The van der Waals surface area contributed by atoms with E-state index in [0.717, 1.165) is 12.3 Å². The largest absolute Gasteiger partial charge is 0.417 e. The zero-order valence-electron chi connectivity index (χ0n) is 20.6. The molecule has 2 aromatic heterocycles. The van der Waals surface area contributed by atoms with Crippen LogP contribution in [0.3, 0.4) is 0 Å². The average Bonchev–Trinajstić information content (AvgIpc) is 3.31. The number of amides is 1. The fraction of sp³-hybridized carbons (Fsp3) is 0.522. The zero-order valence-corrected chi connectivity index (χ0v) is 21.4. The van der Waals surface area contributed by atoms with E-state index in [2.05, 4.69) is 25.3 Å². The Balaban J connectivity index is 1.64. The molecule has 10 nitrogen and oxygen atoms in total. The molecule has 2 aliphatic heterocycles. The zero-order chi connectivity index (χ0) is 26.6. The van der Waals surface area contributed by atoms with E-state index in [1.165, 1.54) is 17.8 Å². The lowest BCUT2D eigenvalue weighted by Gasteiger charge is -2.27. The van der Waals surface area contributed by atoms with Crippen LogP contribution >= 0.6 is 11.8 Å². The second-order valence-corrected chi connectivity index (χ2v) is 9.49. The molecule has 2 aromatic rings. The maximum Gasteiger partial charge on any atom is 0.417 e. The van der Waals surface area contributed by atoms with Gasteiger partial charge in [0.2, 0.25) is 11.9 Å². The molecule has 4 rings (SSSR count). The lowest BCUT2D eigenvalue weighted by Crippen LogP contribution is -2.37. The minimum atomic E-state index is -4.65. The molecule has 0 radical (unpaired) electrons. The summed E-state index contributed by atoms with van der Waals surface area (Å²) in [6.07, 6.45) is -3.29. The number of aliphatic imine (C=N–C) groups is 1. The number of halogens is 3. The number of alkyl halides is 3. The maximum absolute atomic E-state index is 13.8. The third kappa shape index (κ3) is 6.60. The van der Waals surface area contributed by atoms with Crippen molar-refractivity contribution >= 4 is 40.4 Å². The number of nitrogens with two attached hydrogens (primary N) is 1. The molecule has 3 N–H and O–H groups in total. The number of amidine groups is 1. The van der Waals surface area contributed by atoms with Gasteiger partial charge >= 0.3 is 6.18 Å². The highest BCUT2D eigenvalue weighted by molar-refractivity contribution is 8.14. The molecular formula is C23H29F3N8O2S. The average molecular weight is 539 g/mol. The molecule has 1 saturated heterocycles. The summed E-state index contributed by atoms with van der Waals surface area (Å²) in [5.41, 5.74) is 4.47. The fourth-order valence-electron chi connectivity index (χ4n) is 4.06. The van der Waals surface area contributed by atoms with E-state index in [1.807, 2.05) is 18.7 Å². The Kier molecular flexibility index (Phi) is 8.37. The maximum atomic E-state index is 13.8. The number of hydrogen-bond acceptors (Lipinski definition) is 10. The molecule has 1 atom stereocenters. The molecule has 0 bridgehead atoms. The van der Waals surface area contributed by atoms with Gasteiger partial charge in [-0.3, -0.25) is 9.79 Å². The van der Waals surface area contributed by atoms with E-state index in [1.54, 1.807) is 4.90 Å². The summed E-state index contributed by atoms with van der Waals surface area (Å²) in [5, 5.41) is 3.66. The van der Waals surface area contributed by atoms with Crippen LogP contribution in [0.2, 0.25) is 0 Å². The van der Waals surface area contributed by atoms with Gasteiger partial charge in [0.05, 0.1) is 36.9 Å². The molecular weight excluding hydrogens is 509 g/mol. The number of nitrogens with zero attached hydrogens (tertiary/aromatic N) is 6. The molecule has 1 fully saturated rings. The number of thioether (sulfide) groups is 1. The van der Waals surface area contributed by atoms with Gasteiger partial charge < -0.3 is 25.6 Å². The number of pyridine rings is 1. The Bertz CT molecular complexity index is 1150. The molecule has 200 valence electrons. The second-order valence-electron chi connectivity index (χ2n) is 8.48. The van der Waals surface area contributed by atoms with Gasteiger partial charge in [0.1, 0.15) is 11.6 Å². The number of nitrogen functional groups attached to an aromatic ring is 1. The summed E-state index contributed by atoms with van der Waals surface area (Å²) in [7, 11) is 0. The van der Waals surface area contributed by atoms with E-state index >= 15 is 0 Å². The lowest BCUT2D eigenvalue weighted by molar-refractivity contribution is -0.137. The Morgan fingerprint density at radius 1 is 1.24 bits per heavy atom. The summed E-state index contributed by atoms with van der Waals surface area (Å²) < 4.78 is 46.9. The predicted molar refractivity (Wildman–Crippen MR) is 138 cm³/mol. The highest BCUT2D eigenvalue weighted by Crippen LogP contribution is 2.38. The first kappa shape index (κ1) is 26.9. The Morgan fingerprint density at radius 3 is 2.65 bits per heavy atom. The van der Waals surface area contributed by atoms with Gasteiger partial charge in [-0.25, -0.2) is 9.97 Å². The van der Waals surface area contributed by atoms with Crippen LogP contribution in [0.5, 0.6) is 0 Å². The van der Waals surface area contributed by atoms with Gasteiger partial charge in [-0.15, -0.1) is 0 Å². The molecule has 1 unspecified atom stereocenters. The molecule has 14 heteroatoms. The van der Waals surface area contributed by atoms with Crippen LogP contribution in [-0.4, -0.2) is 82.1 Å². The molecule has 0 aliphatic carbocycles. The highest BCUT2D eigenvalue weighted by Gasteiger charge is 2.35. The summed E-state index contributed by atoms with van der Waals surface area (Å²) in [6, 6.07) is 2.04. The molecule has 4 heterocycles. The molecule has 2 aliphatic rings. The van der Waals surface area contributed by atoms with Crippen molar-refractivity contribution in [2.45, 2.75) is 32.5 Å². The number of aromatic nitrogens is 3. The third-order valence-corrected chi connectivity index (χ3v) is 7.02. The Morgan fingerprint density at radius 2 is 1.97 bits per heavy atom. The second kappa shape index (κ2) is 11.5. The van der Waals surface area contributed by atoms with Crippen LogP contribution in [0.15, 0.2) is 23.3 Å². The summed E-state index contributed by atoms with van der Waals surface area (Å²) in [4.78, 5) is 33.5. The smallest absolute Gasteiger partial charge is 0.384 e. The van der Waals surface area contributed by atoms with Crippen LogP contribution in [-0.2, 0) is 15.7 Å².